The van der Waals surface area contributed by atoms with Crippen molar-refractivity contribution < 1.29 is 9.53 Å². The molecule has 2 nitrogen and oxygen atoms in total. The molecule has 16 heavy (non-hydrogen) atoms. The van der Waals surface area contributed by atoms with Gasteiger partial charge in [-0.25, -0.2) is 0 Å². The van der Waals surface area contributed by atoms with Crippen molar-refractivity contribution in [3.63, 3.8) is 0 Å². The molecule has 0 aliphatic rings. The van der Waals surface area contributed by atoms with E-state index < -0.39 is 0 Å². The van der Waals surface area contributed by atoms with E-state index in [0.717, 1.165) is 19.3 Å². The molecule has 0 N–H and O–H groups in total. The maximum absolute atomic E-state index is 11.2. The molecule has 0 spiro atoms. The molecule has 0 amide bonds. The summed E-state index contributed by atoms with van der Waals surface area (Å²) in [5.41, 5.74) is 1.34. The predicted octanol–water partition coefficient (Wildman–Crippen LogP) is 3.21. The van der Waals surface area contributed by atoms with E-state index in [9.17, 15) is 4.79 Å². The van der Waals surface area contributed by atoms with Crippen molar-refractivity contribution in [2.24, 2.45) is 5.92 Å². The number of rotatable bonds is 6. The Labute approximate surface area is 97.6 Å². The molecule has 0 heterocycles. The lowest BCUT2D eigenvalue weighted by Gasteiger charge is -2.13. The third-order valence-corrected chi connectivity index (χ3v) is 2.94. The molecule has 0 fully saturated rings. The summed E-state index contributed by atoms with van der Waals surface area (Å²) in [7, 11) is 1.45. The zero-order valence-corrected chi connectivity index (χ0v) is 10.1. The second kappa shape index (κ2) is 7.04. The van der Waals surface area contributed by atoms with Crippen molar-refractivity contribution in [3.05, 3.63) is 35.9 Å². The number of hydrogen-bond acceptors (Lipinski definition) is 2. The molecule has 0 unspecified atom stereocenters. The highest BCUT2D eigenvalue weighted by atomic mass is 16.5. The van der Waals surface area contributed by atoms with Crippen LogP contribution < -0.4 is 0 Å². The van der Waals surface area contributed by atoms with Crippen LogP contribution in [0, 0.1) is 5.92 Å². The third-order valence-electron chi connectivity index (χ3n) is 2.94. The summed E-state index contributed by atoms with van der Waals surface area (Å²) in [5.74, 6) is 0.340. The Morgan fingerprint density at radius 1 is 1.31 bits per heavy atom. The first kappa shape index (κ1) is 12.8. The van der Waals surface area contributed by atoms with Gasteiger partial charge in [-0.2, -0.15) is 0 Å². The molecule has 0 aliphatic heterocycles. The van der Waals surface area contributed by atoms with Crippen molar-refractivity contribution in [1.82, 2.24) is 0 Å². The average molecular weight is 220 g/mol. The van der Waals surface area contributed by atoms with Crippen LogP contribution in [0.15, 0.2) is 30.3 Å². The van der Waals surface area contributed by atoms with Crippen LogP contribution in [0.2, 0.25) is 0 Å². The lowest BCUT2D eigenvalue weighted by Crippen LogP contribution is -2.10. The first-order valence-electron chi connectivity index (χ1n) is 5.87. The van der Waals surface area contributed by atoms with Crippen molar-refractivity contribution in [2.75, 3.05) is 7.11 Å². The Bertz CT molecular complexity index is 306. The van der Waals surface area contributed by atoms with Crippen LogP contribution in [0.1, 0.15) is 31.7 Å². The Morgan fingerprint density at radius 2 is 2.00 bits per heavy atom. The molecule has 0 aliphatic carbocycles. The van der Waals surface area contributed by atoms with Crippen LogP contribution >= 0.6 is 0 Å². The lowest BCUT2D eigenvalue weighted by atomic mass is 9.94. The third kappa shape index (κ3) is 4.47. The number of benzene rings is 1. The van der Waals surface area contributed by atoms with E-state index in [1.807, 2.05) is 6.07 Å². The minimum Gasteiger partial charge on any atom is -0.469 e. The number of ether oxygens (including phenoxy) is 1. The van der Waals surface area contributed by atoms with E-state index in [1.54, 1.807) is 0 Å². The first-order valence-corrected chi connectivity index (χ1v) is 5.87. The maximum atomic E-state index is 11.2. The quantitative estimate of drug-likeness (QED) is 0.688. The summed E-state index contributed by atoms with van der Waals surface area (Å²) in [6.45, 7) is 2.12. The fourth-order valence-corrected chi connectivity index (χ4v) is 1.79. The molecule has 0 radical (unpaired) electrons. The molecule has 1 atom stereocenters. The molecular formula is C14H20O2. The number of carbonyl (C=O) groups excluding carboxylic acids is 1. The molecule has 2 heteroatoms. The largest absolute Gasteiger partial charge is 0.469 e. The minimum absolute atomic E-state index is 0.0973. The predicted molar refractivity (Wildman–Crippen MR) is 65.2 cm³/mol. The van der Waals surface area contributed by atoms with Gasteiger partial charge in [-0.15, -0.1) is 0 Å². The van der Waals surface area contributed by atoms with Crippen LogP contribution in [0.3, 0.4) is 0 Å². The van der Waals surface area contributed by atoms with E-state index in [-0.39, 0.29) is 5.97 Å². The number of esters is 1. The highest BCUT2D eigenvalue weighted by molar-refractivity contribution is 5.69. The maximum Gasteiger partial charge on any atom is 0.305 e. The minimum atomic E-state index is -0.0973. The van der Waals surface area contributed by atoms with Crippen LogP contribution in [0.25, 0.3) is 0 Å². The second-order valence-electron chi connectivity index (χ2n) is 4.08. The zero-order chi connectivity index (χ0) is 11.8. The average Bonchev–Trinajstić information content (AvgIpc) is 2.35. The van der Waals surface area contributed by atoms with E-state index in [0.29, 0.717) is 12.3 Å². The number of carbonyl (C=O) groups is 1. The summed E-state index contributed by atoms with van der Waals surface area (Å²) in [5, 5.41) is 0. The van der Waals surface area contributed by atoms with Gasteiger partial charge in [0.25, 0.3) is 0 Å². The van der Waals surface area contributed by atoms with Crippen LogP contribution in [-0.2, 0) is 16.0 Å². The van der Waals surface area contributed by atoms with Crippen molar-refractivity contribution in [1.29, 1.82) is 0 Å². The summed E-state index contributed by atoms with van der Waals surface area (Å²) >= 11 is 0. The molecule has 0 saturated heterocycles. The van der Waals surface area contributed by atoms with E-state index in [4.69, 9.17) is 4.74 Å². The molecule has 0 aromatic heterocycles. The van der Waals surface area contributed by atoms with Gasteiger partial charge in [0.1, 0.15) is 0 Å². The SMILES string of the molecule is CC[C@@H](CCc1ccccc1)CC(=O)OC. The van der Waals surface area contributed by atoms with Gasteiger partial charge in [-0.05, 0) is 24.3 Å². The molecule has 0 bridgehead atoms. The monoisotopic (exact) mass is 220 g/mol. The van der Waals surface area contributed by atoms with Crippen molar-refractivity contribution >= 4 is 5.97 Å². The number of hydrogen-bond donors (Lipinski definition) is 0. The molecule has 1 aromatic rings. The molecule has 1 rings (SSSR count). The fourth-order valence-electron chi connectivity index (χ4n) is 1.79. The smallest absolute Gasteiger partial charge is 0.305 e. The van der Waals surface area contributed by atoms with Crippen LogP contribution in [0.5, 0.6) is 0 Å². The Balaban J connectivity index is 2.37. The Hall–Kier alpha value is -1.31. The van der Waals surface area contributed by atoms with Crippen molar-refractivity contribution in [3.8, 4) is 0 Å². The highest BCUT2D eigenvalue weighted by Gasteiger charge is 2.12. The second-order valence-corrected chi connectivity index (χ2v) is 4.08. The van der Waals surface area contributed by atoms with E-state index >= 15 is 0 Å². The Morgan fingerprint density at radius 3 is 2.56 bits per heavy atom. The molecule has 1 aromatic carbocycles. The first-order chi connectivity index (χ1) is 7.76. The summed E-state index contributed by atoms with van der Waals surface area (Å²) in [6, 6.07) is 10.4. The molecular weight excluding hydrogens is 200 g/mol. The molecule has 88 valence electrons. The highest BCUT2D eigenvalue weighted by Crippen LogP contribution is 2.17. The normalized spacial score (nSPS) is 12.1. The molecule has 0 saturated carbocycles. The van der Waals surface area contributed by atoms with E-state index in [2.05, 4.69) is 31.2 Å². The lowest BCUT2D eigenvalue weighted by molar-refractivity contribution is -0.141. The number of methoxy groups -OCH3 is 1. The zero-order valence-electron chi connectivity index (χ0n) is 10.1. The Kier molecular flexibility index (Phi) is 5.62. The number of aryl methyl sites for hydroxylation is 1. The van der Waals surface area contributed by atoms with Crippen LogP contribution in [0.4, 0.5) is 0 Å². The summed E-state index contributed by atoms with van der Waals surface area (Å²) < 4.78 is 4.70. The van der Waals surface area contributed by atoms with Gasteiger partial charge >= 0.3 is 5.97 Å². The van der Waals surface area contributed by atoms with Crippen LogP contribution in [-0.4, -0.2) is 13.1 Å². The topological polar surface area (TPSA) is 26.3 Å². The van der Waals surface area contributed by atoms with Gasteiger partial charge in [-0.3, -0.25) is 4.79 Å². The van der Waals surface area contributed by atoms with Crippen molar-refractivity contribution in [2.45, 2.75) is 32.6 Å². The van der Waals surface area contributed by atoms with Gasteiger partial charge in [0.2, 0.25) is 0 Å². The fraction of sp³-hybridized carbons (Fsp3) is 0.500. The van der Waals surface area contributed by atoms with Gasteiger partial charge in [0.15, 0.2) is 0 Å². The van der Waals surface area contributed by atoms with Gasteiger partial charge < -0.3 is 4.74 Å². The summed E-state index contributed by atoms with van der Waals surface area (Å²) in [4.78, 5) is 11.2. The van der Waals surface area contributed by atoms with Gasteiger partial charge in [0.05, 0.1) is 7.11 Å². The van der Waals surface area contributed by atoms with E-state index in [1.165, 1.54) is 12.7 Å². The summed E-state index contributed by atoms with van der Waals surface area (Å²) in [6.07, 6.45) is 3.66. The standard InChI is InChI=1S/C14H20O2/c1-3-12(11-14(15)16-2)9-10-13-7-5-4-6-8-13/h4-8,12H,3,9-11H2,1-2H3/t12-/m0/s1. The van der Waals surface area contributed by atoms with Gasteiger partial charge in [-0.1, -0.05) is 43.7 Å². The van der Waals surface area contributed by atoms with Gasteiger partial charge in [0, 0.05) is 6.42 Å².